The number of anilines is 1. The van der Waals surface area contributed by atoms with E-state index in [1.54, 1.807) is 0 Å². The van der Waals surface area contributed by atoms with E-state index in [0.717, 1.165) is 6.07 Å². The first-order valence-electron chi connectivity index (χ1n) is 5.85. The van der Waals surface area contributed by atoms with Crippen LogP contribution in [0.15, 0.2) is 12.1 Å². The Hall–Kier alpha value is -1.53. The summed E-state index contributed by atoms with van der Waals surface area (Å²) >= 11 is 11.6. The zero-order valence-electron chi connectivity index (χ0n) is 10.9. The van der Waals surface area contributed by atoms with Gasteiger partial charge in [0.1, 0.15) is 11.7 Å². The van der Waals surface area contributed by atoms with E-state index in [2.05, 4.69) is 5.32 Å². The van der Waals surface area contributed by atoms with Crippen molar-refractivity contribution in [2.24, 2.45) is 5.92 Å². The first kappa shape index (κ1) is 16.5. The number of carboxylic acids is 1. The molecule has 0 spiro atoms. The second-order valence-corrected chi connectivity index (χ2v) is 5.52. The highest BCUT2D eigenvalue weighted by Crippen LogP contribution is 2.34. The molecule has 1 unspecified atom stereocenters. The molecule has 0 amide bonds. The van der Waals surface area contributed by atoms with Gasteiger partial charge < -0.3 is 10.4 Å². The fourth-order valence-electron chi connectivity index (χ4n) is 1.68. The van der Waals surface area contributed by atoms with Crippen LogP contribution in [0.1, 0.15) is 20.3 Å². The number of hydrogen-bond acceptors (Lipinski definition) is 4. The van der Waals surface area contributed by atoms with Crippen LogP contribution in [0.2, 0.25) is 10.0 Å². The van der Waals surface area contributed by atoms with Crippen molar-refractivity contribution < 1.29 is 14.8 Å². The van der Waals surface area contributed by atoms with Crippen molar-refractivity contribution in [3.8, 4) is 0 Å². The largest absolute Gasteiger partial charge is 0.480 e. The van der Waals surface area contributed by atoms with Gasteiger partial charge in [-0.1, -0.05) is 37.0 Å². The van der Waals surface area contributed by atoms with Gasteiger partial charge >= 0.3 is 5.97 Å². The highest BCUT2D eigenvalue weighted by molar-refractivity contribution is 6.42. The summed E-state index contributed by atoms with van der Waals surface area (Å²) in [6, 6.07) is 1.42. The third-order valence-corrected chi connectivity index (χ3v) is 3.29. The quantitative estimate of drug-likeness (QED) is 0.614. The minimum absolute atomic E-state index is 0.0393. The topological polar surface area (TPSA) is 92.5 Å². The van der Waals surface area contributed by atoms with Crippen LogP contribution < -0.4 is 5.32 Å². The van der Waals surface area contributed by atoms with Gasteiger partial charge in [-0.05, 0) is 18.4 Å². The minimum Gasteiger partial charge on any atom is -0.480 e. The number of carboxylic acid groups (broad SMARTS) is 1. The maximum Gasteiger partial charge on any atom is 0.326 e. The molecule has 2 N–H and O–H groups in total. The molecule has 0 radical (unpaired) electrons. The molecule has 0 heterocycles. The smallest absolute Gasteiger partial charge is 0.326 e. The van der Waals surface area contributed by atoms with Crippen molar-refractivity contribution in [3.05, 3.63) is 32.3 Å². The van der Waals surface area contributed by atoms with Crippen LogP contribution in [0.3, 0.4) is 0 Å². The fourth-order valence-corrected chi connectivity index (χ4v) is 2.01. The number of nitro groups is 1. The molecule has 1 rings (SSSR count). The molecule has 0 fully saturated rings. The zero-order valence-corrected chi connectivity index (χ0v) is 12.4. The molecule has 110 valence electrons. The van der Waals surface area contributed by atoms with E-state index >= 15 is 0 Å². The van der Waals surface area contributed by atoms with E-state index in [9.17, 15) is 14.9 Å². The summed E-state index contributed by atoms with van der Waals surface area (Å²) in [6.45, 7) is 3.72. The Morgan fingerprint density at radius 2 is 1.95 bits per heavy atom. The third kappa shape index (κ3) is 4.25. The number of halogens is 2. The fraction of sp³-hybridized carbons (Fsp3) is 0.417. The molecule has 6 nitrogen and oxygen atoms in total. The second kappa shape index (κ2) is 6.76. The molecule has 20 heavy (non-hydrogen) atoms. The van der Waals surface area contributed by atoms with E-state index in [1.807, 2.05) is 13.8 Å². The van der Waals surface area contributed by atoms with Crippen LogP contribution in [0.25, 0.3) is 0 Å². The molecule has 0 aliphatic heterocycles. The summed E-state index contributed by atoms with van der Waals surface area (Å²) in [5.74, 6) is -0.968. The summed E-state index contributed by atoms with van der Waals surface area (Å²) < 4.78 is 0. The standard InChI is InChI=1S/C12H14Cl2N2O4/c1-6(2)3-10(12(17)18)15-9-4-7(13)8(14)5-11(9)16(19)20/h4-6,10,15H,3H2,1-2H3,(H,17,18). The monoisotopic (exact) mass is 320 g/mol. The lowest BCUT2D eigenvalue weighted by Gasteiger charge is -2.18. The molecule has 0 aliphatic rings. The summed E-state index contributed by atoms with van der Waals surface area (Å²) in [5, 5.41) is 22.9. The molecule has 0 aliphatic carbocycles. The van der Waals surface area contributed by atoms with Gasteiger partial charge in [0.2, 0.25) is 0 Å². The van der Waals surface area contributed by atoms with Crippen molar-refractivity contribution in [1.29, 1.82) is 0 Å². The van der Waals surface area contributed by atoms with Gasteiger partial charge in [-0.3, -0.25) is 10.1 Å². The predicted octanol–water partition coefficient (Wildman–Crippen LogP) is 3.81. The molecule has 0 saturated carbocycles. The van der Waals surface area contributed by atoms with Crippen molar-refractivity contribution in [2.75, 3.05) is 5.32 Å². The third-order valence-electron chi connectivity index (χ3n) is 2.57. The Balaban J connectivity index is 3.14. The minimum atomic E-state index is -1.08. The first-order chi connectivity index (χ1) is 9.22. The highest BCUT2D eigenvalue weighted by atomic mass is 35.5. The number of carbonyl (C=O) groups is 1. The summed E-state index contributed by atoms with van der Waals surface area (Å²) in [5.41, 5.74) is -0.271. The van der Waals surface area contributed by atoms with Crippen molar-refractivity contribution in [2.45, 2.75) is 26.3 Å². The summed E-state index contributed by atoms with van der Waals surface area (Å²) in [7, 11) is 0. The average molecular weight is 321 g/mol. The summed E-state index contributed by atoms with van der Waals surface area (Å²) in [4.78, 5) is 21.5. The first-order valence-corrected chi connectivity index (χ1v) is 6.60. The molecular weight excluding hydrogens is 307 g/mol. The van der Waals surface area contributed by atoms with Crippen LogP contribution in [-0.2, 0) is 4.79 Å². The summed E-state index contributed by atoms with van der Waals surface area (Å²) in [6.07, 6.45) is 0.326. The zero-order chi connectivity index (χ0) is 15.4. The van der Waals surface area contributed by atoms with E-state index in [4.69, 9.17) is 28.3 Å². The van der Waals surface area contributed by atoms with E-state index in [1.165, 1.54) is 6.07 Å². The number of nitro benzene ring substituents is 1. The number of hydrogen-bond donors (Lipinski definition) is 2. The lowest BCUT2D eigenvalue weighted by molar-refractivity contribution is -0.384. The molecule has 0 saturated heterocycles. The molecule has 1 atom stereocenters. The Morgan fingerprint density at radius 1 is 1.40 bits per heavy atom. The van der Waals surface area contributed by atoms with E-state index in [-0.39, 0.29) is 27.3 Å². The van der Waals surface area contributed by atoms with Gasteiger partial charge in [0.25, 0.3) is 5.69 Å². The lowest BCUT2D eigenvalue weighted by atomic mass is 10.0. The van der Waals surface area contributed by atoms with Gasteiger partial charge in [0, 0.05) is 6.07 Å². The Labute approximate surface area is 125 Å². The molecule has 1 aromatic rings. The van der Waals surface area contributed by atoms with Crippen molar-refractivity contribution >= 4 is 40.5 Å². The molecule has 8 heteroatoms. The Bertz CT molecular complexity index is 534. The van der Waals surface area contributed by atoms with Gasteiger partial charge in [0.05, 0.1) is 15.0 Å². The Kier molecular flexibility index (Phi) is 5.59. The van der Waals surface area contributed by atoms with E-state index < -0.39 is 16.9 Å². The number of benzene rings is 1. The van der Waals surface area contributed by atoms with E-state index in [0.29, 0.717) is 6.42 Å². The molecule has 1 aromatic carbocycles. The van der Waals surface area contributed by atoms with Crippen LogP contribution in [-0.4, -0.2) is 22.0 Å². The van der Waals surface area contributed by atoms with Crippen molar-refractivity contribution in [3.63, 3.8) is 0 Å². The number of rotatable bonds is 6. The van der Waals surface area contributed by atoms with Crippen LogP contribution in [0.5, 0.6) is 0 Å². The molecular formula is C12H14Cl2N2O4. The lowest BCUT2D eigenvalue weighted by Crippen LogP contribution is -2.31. The maximum absolute atomic E-state index is 11.2. The second-order valence-electron chi connectivity index (χ2n) is 4.71. The van der Waals surface area contributed by atoms with Gasteiger partial charge in [-0.25, -0.2) is 4.79 Å². The number of aliphatic carboxylic acids is 1. The van der Waals surface area contributed by atoms with Gasteiger partial charge in [-0.15, -0.1) is 0 Å². The molecule has 0 bridgehead atoms. The van der Waals surface area contributed by atoms with Gasteiger partial charge in [0.15, 0.2) is 0 Å². The maximum atomic E-state index is 11.2. The number of nitrogens with zero attached hydrogens (tertiary/aromatic N) is 1. The predicted molar refractivity (Wildman–Crippen MR) is 77.6 cm³/mol. The van der Waals surface area contributed by atoms with Crippen LogP contribution in [0.4, 0.5) is 11.4 Å². The highest BCUT2D eigenvalue weighted by Gasteiger charge is 2.24. The Morgan fingerprint density at radius 3 is 2.40 bits per heavy atom. The average Bonchev–Trinajstić information content (AvgIpc) is 2.31. The van der Waals surface area contributed by atoms with Crippen molar-refractivity contribution in [1.82, 2.24) is 0 Å². The number of nitrogens with one attached hydrogen (secondary N) is 1. The molecule has 0 aromatic heterocycles. The normalized spacial score (nSPS) is 12.2. The van der Waals surface area contributed by atoms with Crippen LogP contribution in [0, 0.1) is 16.0 Å². The van der Waals surface area contributed by atoms with Gasteiger partial charge in [-0.2, -0.15) is 0 Å². The SMILES string of the molecule is CC(C)CC(Nc1cc(Cl)c(Cl)cc1[N+](=O)[O-])C(=O)O. The van der Waals surface area contributed by atoms with Crippen LogP contribution >= 0.6 is 23.2 Å².